The van der Waals surface area contributed by atoms with Crippen molar-refractivity contribution in [2.24, 2.45) is 5.92 Å². The van der Waals surface area contributed by atoms with Crippen LogP contribution < -0.4 is 4.74 Å². The average molecular weight is 373 g/mol. The fraction of sp³-hybridized carbons (Fsp3) is 0.211. The number of hydrogen-bond acceptors (Lipinski definition) is 5. The van der Waals surface area contributed by atoms with Crippen LogP contribution in [-0.2, 0) is 11.2 Å². The minimum absolute atomic E-state index is 0.0639. The Balaban J connectivity index is 1.65. The van der Waals surface area contributed by atoms with Gasteiger partial charge in [0.05, 0.1) is 0 Å². The predicted octanol–water partition coefficient (Wildman–Crippen LogP) is 4.84. The zero-order valence-electron chi connectivity index (χ0n) is 14.1. The highest BCUT2D eigenvalue weighted by molar-refractivity contribution is 6.30. The summed E-state index contributed by atoms with van der Waals surface area (Å²) in [6.07, 6.45) is 0.492. The third-order valence-corrected chi connectivity index (χ3v) is 3.92. The standard InChI is InChI=1S/C19H17ClN2O4/c1-12(11-18(23)24)10-17-21-22-19(26-17)13-2-6-15(7-3-13)25-16-8-4-14(20)5-9-16/h2-9,12H,10-11H2,1H3,(H,23,24)/t12-/m1/s1. The summed E-state index contributed by atoms with van der Waals surface area (Å²) in [6.45, 7) is 1.83. The van der Waals surface area contributed by atoms with Crippen LogP contribution in [0.5, 0.6) is 11.5 Å². The van der Waals surface area contributed by atoms with Crippen molar-refractivity contribution in [1.82, 2.24) is 10.2 Å². The lowest BCUT2D eigenvalue weighted by Crippen LogP contribution is -2.07. The molecule has 0 aliphatic heterocycles. The van der Waals surface area contributed by atoms with Gasteiger partial charge in [0, 0.05) is 23.4 Å². The van der Waals surface area contributed by atoms with Gasteiger partial charge in [0.2, 0.25) is 11.8 Å². The van der Waals surface area contributed by atoms with E-state index in [1.54, 1.807) is 36.4 Å². The molecule has 2 aromatic carbocycles. The molecular formula is C19H17ClN2O4. The number of nitrogens with zero attached hydrogens (tertiary/aromatic N) is 2. The number of benzene rings is 2. The van der Waals surface area contributed by atoms with Gasteiger partial charge in [-0.2, -0.15) is 0 Å². The van der Waals surface area contributed by atoms with E-state index in [1.807, 2.05) is 19.1 Å². The van der Waals surface area contributed by atoms with Crippen molar-refractivity contribution < 1.29 is 19.1 Å². The number of aromatic nitrogens is 2. The molecule has 1 atom stereocenters. The number of aliphatic carboxylic acids is 1. The molecule has 1 N–H and O–H groups in total. The van der Waals surface area contributed by atoms with Crippen molar-refractivity contribution in [2.45, 2.75) is 19.8 Å². The van der Waals surface area contributed by atoms with Crippen LogP contribution in [0.2, 0.25) is 5.02 Å². The summed E-state index contributed by atoms with van der Waals surface area (Å²) >= 11 is 5.85. The van der Waals surface area contributed by atoms with Gasteiger partial charge in [-0.05, 0) is 54.4 Å². The summed E-state index contributed by atoms with van der Waals surface area (Å²) in [4.78, 5) is 10.7. The summed E-state index contributed by atoms with van der Waals surface area (Å²) in [6, 6.07) is 14.4. The van der Waals surface area contributed by atoms with Crippen molar-refractivity contribution in [2.75, 3.05) is 0 Å². The number of rotatable bonds is 7. The first-order valence-corrected chi connectivity index (χ1v) is 8.45. The normalized spacial score (nSPS) is 11.9. The summed E-state index contributed by atoms with van der Waals surface area (Å²) in [5, 5.41) is 17.5. The van der Waals surface area contributed by atoms with Crippen LogP contribution in [0.3, 0.4) is 0 Å². The fourth-order valence-electron chi connectivity index (χ4n) is 2.43. The maximum absolute atomic E-state index is 10.7. The smallest absolute Gasteiger partial charge is 0.303 e. The minimum atomic E-state index is -0.839. The Labute approximate surface area is 155 Å². The molecule has 6 nitrogen and oxygen atoms in total. The van der Waals surface area contributed by atoms with Crippen LogP contribution in [0.15, 0.2) is 52.9 Å². The first-order chi connectivity index (χ1) is 12.5. The molecule has 0 fully saturated rings. The maximum Gasteiger partial charge on any atom is 0.303 e. The Hall–Kier alpha value is -2.86. The molecule has 3 rings (SSSR count). The van der Waals surface area contributed by atoms with Crippen LogP contribution in [0.4, 0.5) is 0 Å². The Morgan fingerprint density at radius 2 is 1.73 bits per heavy atom. The number of halogens is 1. The summed E-state index contributed by atoms with van der Waals surface area (Å²) in [5.74, 6) is 1.26. The fourth-order valence-corrected chi connectivity index (χ4v) is 2.55. The van der Waals surface area contributed by atoms with E-state index in [2.05, 4.69) is 10.2 Å². The van der Waals surface area contributed by atoms with E-state index in [4.69, 9.17) is 25.9 Å². The molecule has 0 spiro atoms. The van der Waals surface area contributed by atoms with Crippen molar-refractivity contribution in [3.05, 3.63) is 59.4 Å². The van der Waals surface area contributed by atoms with Crippen LogP contribution in [-0.4, -0.2) is 21.3 Å². The summed E-state index contributed by atoms with van der Waals surface area (Å²) in [5.41, 5.74) is 0.762. The van der Waals surface area contributed by atoms with Gasteiger partial charge in [0.1, 0.15) is 11.5 Å². The van der Waals surface area contributed by atoms with Crippen LogP contribution in [0.1, 0.15) is 19.2 Å². The third-order valence-electron chi connectivity index (χ3n) is 3.66. The number of hydrogen-bond donors (Lipinski definition) is 1. The molecule has 0 saturated heterocycles. The minimum Gasteiger partial charge on any atom is -0.481 e. The lowest BCUT2D eigenvalue weighted by molar-refractivity contribution is -0.137. The molecule has 0 bridgehead atoms. The van der Waals surface area contributed by atoms with Crippen molar-refractivity contribution in [3.63, 3.8) is 0 Å². The predicted molar refractivity (Wildman–Crippen MR) is 96.4 cm³/mol. The van der Waals surface area contributed by atoms with Crippen LogP contribution in [0.25, 0.3) is 11.5 Å². The lowest BCUT2D eigenvalue weighted by atomic mass is 10.0. The second kappa shape index (κ2) is 8.01. The second-order valence-corrected chi connectivity index (χ2v) is 6.42. The van der Waals surface area contributed by atoms with Gasteiger partial charge in [0.15, 0.2) is 0 Å². The summed E-state index contributed by atoms with van der Waals surface area (Å²) < 4.78 is 11.4. The highest BCUT2D eigenvalue weighted by Gasteiger charge is 2.14. The molecule has 1 heterocycles. The molecule has 26 heavy (non-hydrogen) atoms. The first kappa shape index (κ1) is 17.9. The van der Waals surface area contributed by atoms with Gasteiger partial charge in [-0.15, -0.1) is 10.2 Å². The van der Waals surface area contributed by atoms with Gasteiger partial charge in [-0.3, -0.25) is 4.79 Å². The van der Waals surface area contributed by atoms with Crippen molar-refractivity contribution in [1.29, 1.82) is 0 Å². The van der Waals surface area contributed by atoms with Crippen molar-refractivity contribution in [3.8, 4) is 23.0 Å². The van der Waals surface area contributed by atoms with Gasteiger partial charge < -0.3 is 14.3 Å². The van der Waals surface area contributed by atoms with E-state index in [1.165, 1.54) is 0 Å². The molecule has 134 valence electrons. The quantitative estimate of drug-likeness (QED) is 0.639. The topological polar surface area (TPSA) is 85.5 Å². The molecule has 3 aromatic rings. The monoisotopic (exact) mass is 372 g/mol. The van der Waals surface area contributed by atoms with Crippen molar-refractivity contribution >= 4 is 17.6 Å². The zero-order valence-corrected chi connectivity index (χ0v) is 14.8. The molecule has 0 unspecified atom stereocenters. The molecule has 0 aliphatic carbocycles. The number of carboxylic acid groups (broad SMARTS) is 1. The van der Waals surface area contributed by atoms with E-state index in [9.17, 15) is 4.79 Å². The highest BCUT2D eigenvalue weighted by Crippen LogP contribution is 2.26. The third kappa shape index (κ3) is 4.83. The number of carboxylic acids is 1. The Morgan fingerprint density at radius 3 is 2.35 bits per heavy atom. The second-order valence-electron chi connectivity index (χ2n) is 5.99. The van der Waals surface area contributed by atoms with Crippen LogP contribution in [0, 0.1) is 5.92 Å². The lowest BCUT2D eigenvalue weighted by Gasteiger charge is -2.06. The zero-order chi connectivity index (χ0) is 18.5. The van der Waals surface area contributed by atoms with Gasteiger partial charge >= 0.3 is 5.97 Å². The van der Waals surface area contributed by atoms with Gasteiger partial charge in [0.25, 0.3) is 0 Å². The molecular weight excluding hydrogens is 356 g/mol. The van der Waals surface area contributed by atoms with E-state index in [0.717, 1.165) is 5.56 Å². The largest absolute Gasteiger partial charge is 0.481 e. The molecule has 7 heteroatoms. The van der Waals surface area contributed by atoms with Gasteiger partial charge in [-0.25, -0.2) is 0 Å². The highest BCUT2D eigenvalue weighted by atomic mass is 35.5. The first-order valence-electron chi connectivity index (χ1n) is 8.07. The molecule has 0 saturated carbocycles. The van der Waals surface area contributed by atoms with Gasteiger partial charge in [-0.1, -0.05) is 18.5 Å². The molecule has 1 aromatic heterocycles. The Bertz CT molecular complexity index is 875. The van der Waals surface area contributed by atoms with Crippen LogP contribution >= 0.6 is 11.6 Å². The molecule has 0 aliphatic rings. The number of ether oxygens (including phenoxy) is 1. The van der Waals surface area contributed by atoms with E-state index >= 15 is 0 Å². The van der Waals surface area contributed by atoms with E-state index < -0.39 is 5.97 Å². The number of carbonyl (C=O) groups is 1. The maximum atomic E-state index is 10.7. The molecule has 0 amide bonds. The van der Waals surface area contributed by atoms with E-state index in [0.29, 0.717) is 34.7 Å². The Morgan fingerprint density at radius 1 is 1.12 bits per heavy atom. The molecule has 0 radical (unpaired) electrons. The van der Waals surface area contributed by atoms with E-state index in [-0.39, 0.29) is 12.3 Å². The average Bonchev–Trinajstić information content (AvgIpc) is 3.05. The SMILES string of the molecule is C[C@@H](CC(=O)O)Cc1nnc(-c2ccc(Oc3ccc(Cl)cc3)cc2)o1. The Kier molecular flexibility index (Phi) is 5.53. The summed E-state index contributed by atoms with van der Waals surface area (Å²) in [7, 11) is 0.